The van der Waals surface area contributed by atoms with Gasteiger partial charge in [0.05, 0.1) is 12.2 Å². The van der Waals surface area contributed by atoms with Crippen molar-refractivity contribution >= 4 is 38.1 Å². The Morgan fingerprint density at radius 2 is 2.44 bits per heavy atom. The number of nitrogens with one attached hydrogen (secondary N) is 1. The third-order valence-electron chi connectivity index (χ3n) is 2.37. The van der Waals surface area contributed by atoms with Crippen molar-refractivity contribution in [2.24, 2.45) is 0 Å². The normalized spacial score (nSPS) is 10.9. The molecule has 0 aliphatic carbocycles. The van der Waals surface area contributed by atoms with Crippen LogP contribution < -0.4 is 5.32 Å². The number of fused-ring (bicyclic) bond motifs is 1. The molecule has 0 spiro atoms. The van der Waals surface area contributed by atoms with Crippen LogP contribution in [0.25, 0.3) is 4.96 Å². The van der Waals surface area contributed by atoms with Crippen molar-refractivity contribution in [3.05, 3.63) is 46.0 Å². The predicted molar refractivity (Wildman–Crippen MR) is 70.6 cm³/mol. The van der Waals surface area contributed by atoms with Gasteiger partial charge >= 0.3 is 0 Å². The molecular formula is C11H8BrN3O2S. The molecule has 0 unspecified atom stereocenters. The number of aromatic nitrogens is 2. The maximum Gasteiger partial charge on any atom is 0.287 e. The Labute approximate surface area is 115 Å². The zero-order valence-electron chi connectivity index (χ0n) is 9.09. The van der Waals surface area contributed by atoms with Gasteiger partial charge in [0.1, 0.15) is 0 Å². The number of nitrogens with zero attached hydrogens (tertiary/aromatic N) is 2. The third kappa shape index (κ3) is 2.19. The second-order valence-electron chi connectivity index (χ2n) is 3.61. The smallest absolute Gasteiger partial charge is 0.287 e. The second kappa shape index (κ2) is 4.58. The van der Waals surface area contributed by atoms with E-state index in [9.17, 15) is 4.79 Å². The third-order valence-corrected chi connectivity index (χ3v) is 3.57. The van der Waals surface area contributed by atoms with Crippen LogP contribution in [0.15, 0.2) is 39.0 Å². The first kappa shape index (κ1) is 11.5. The first-order valence-corrected chi connectivity index (χ1v) is 6.84. The summed E-state index contributed by atoms with van der Waals surface area (Å²) in [6.07, 6.45) is 3.83. The minimum Gasteiger partial charge on any atom is -0.444 e. The van der Waals surface area contributed by atoms with Crippen LogP contribution in [0.1, 0.15) is 16.2 Å². The Balaban J connectivity index is 1.67. The van der Waals surface area contributed by atoms with Crippen LogP contribution in [0.5, 0.6) is 0 Å². The number of halogens is 1. The van der Waals surface area contributed by atoms with Gasteiger partial charge in [-0.05, 0) is 28.1 Å². The van der Waals surface area contributed by atoms with E-state index in [2.05, 4.69) is 26.2 Å². The van der Waals surface area contributed by atoms with E-state index in [0.29, 0.717) is 11.2 Å². The molecule has 3 heterocycles. The highest BCUT2D eigenvalue weighted by Gasteiger charge is 2.11. The van der Waals surface area contributed by atoms with E-state index >= 15 is 0 Å². The number of hydrogen-bond donors (Lipinski definition) is 1. The van der Waals surface area contributed by atoms with Crippen molar-refractivity contribution < 1.29 is 9.21 Å². The van der Waals surface area contributed by atoms with Crippen molar-refractivity contribution in [1.82, 2.24) is 14.7 Å². The Morgan fingerprint density at radius 1 is 1.56 bits per heavy atom. The Kier molecular flexibility index (Phi) is 2.92. The van der Waals surface area contributed by atoms with Crippen molar-refractivity contribution in [2.75, 3.05) is 0 Å². The Bertz CT molecular complexity index is 671. The molecule has 1 amide bonds. The molecule has 3 rings (SSSR count). The number of imidazole rings is 1. The Hall–Kier alpha value is -1.60. The molecule has 0 saturated heterocycles. The zero-order chi connectivity index (χ0) is 12.5. The molecule has 3 aromatic rings. The molecule has 3 aromatic heterocycles. The summed E-state index contributed by atoms with van der Waals surface area (Å²) in [4.78, 5) is 17.0. The average Bonchev–Trinajstić information content (AvgIpc) is 3.00. The lowest BCUT2D eigenvalue weighted by Gasteiger charge is -1.99. The molecule has 1 N–H and O–H groups in total. The van der Waals surface area contributed by atoms with Crippen molar-refractivity contribution in [3.63, 3.8) is 0 Å². The predicted octanol–water partition coefficient (Wildman–Crippen LogP) is 2.68. The minimum absolute atomic E-state index is 0.253. The lowest BCUT2D eigenvalue weighted by atomic mass is 10.4. The molecule has 7 heteroatoms. The number of carbonyl (C=O) groups is 1. The SMILES string of the molecule is O=C(NCc1cn2ccsc2n1)c1ccc(Br)o1. The minimum atomic E-state index is -0.253. The van der Waals surface area contributed by atoms with Crippen LogP contribution in [0.4, 0.5) is 0 Å². The summed E-state index contributed by atoms with van der Waals surface area (Å²) < 4.78 is 7.62. The van der Waals surface area contributed by atoms with E-state index in [-0.39, 0.29) is 11.7 Å². The molecule has 5 nitrogen and oxygen atoms in total. The maximum absolute atomic E-state index is 11.7. The second-order valence-corrected chi connectivity index (χ2v) is 5.27. The molecule has 0 fully saturated rings. The largest absolute Gasteiger partial charge is 0.444 e. The highest BCUT2D eigenvalue weighted by atomic mass is 79.9. The summed E-state index contributed by atoms with van der Waals surface area (Å²) in [7, 11) is 0. The van der Waals surface area contributed by atoms with E-state index in [1.165, 1.54) is 0 Å². The Morgan fingerprint density at radius 3 is 3.17 bits per heavy atom. The van der Waals surface area contributed by atoms with Gasteiger partial charge in [-0.3, -0.25) is 9.20 Å². The number of furan rings is 1. The molecule has 0 atom stereocenters. The molecular weight excluding hydrogens is 318 g/mol. The molecule has 92 valence electrons. The van der Waals surface area contributed by atoms with Gasteiger partial charge < -0.3 is 9.73 Å². The summed E-state index contributed by atoms with van der Waals surface area (Å²) in [5.41, 5.74) is 0.820. The van der Waals surface area contributed by atoms with Crippen LogP contribution in [0.2, 0.25) is 0 Å². The van der Waals surface area contributed by atoms with Gasteiger partial charge in [-0.2, -0.15) is 0 Å². The van der Waals surface area contributed by atoms with E-state index in [1.807, 2.05) is 22.2 Å². The first-order valence-electron chi connectivity index (χ1n) is 5.17. The van der Waals surface area contributed by atoms with Crippen LogP contribution in [-0.4, -0.2) is 15.3 Å². The fourth-order valence-corrected chi connectivity index (χ4v) is 2.58. The van der Waals surface area contributed by atoms with E-state index in [0.717, 1.165) is 10.7 Å². The van der Waals surface area contributed by atoms with Crippen molar-refractivity contribution in [1.29, 1.82) is 0 Å². The van der Waals surface area contributed by atoms with Gasteiger partial charge in [-0.25, -0.2) is 4.98 Å². The number of carbonyl (C=O) groups excluding carboxylic acids is 1. The zero-order valence-corrected chi connectivity index (χ0v) is 11.5. The van der Waals surface area contributed by atoms with E-state index < -0.39 is 0 Å². The van der Waals surface area contributed by atoms with Crippen LogP contribution in [0.3, 0.4) is 0 Å². The quantitative estimate of drug-likeness (QED) is 0.805. The average molecular weight is 326 g/mol. The monoisotopic (exact) mass is 325 g/mol. The van der Waals surface area contributed by atoms with Gasteiger partial charge in [0.25, 0.3) is 5.91 Å². The van der Waals surface area contributed by atoms with Gasteiger partial charge in [-0.1, -0.05) is 0 Å². The van der Waals surface area contributed by atoms with Gasteiger partial charge in [-0.15, -0.1) is 11.3 Å². The molecule has 0 aromatic carbocycles. The summed E-state index contributed by atoms with van der Waals surface area (Å²) in [5.74, 6) is 0.0277. The maximum atomic E-state index is 11.7. The number of amides is 1. The van der Waals surface area contributed by atoms with Crippen molar-refractivity contribution in [2.45, 2.75) is 6.54 Å². The summed E-state index contributed by atoms with van der Waals surface area (Å²) in [6.45, 7) is 0.381. The number of hydrogen-bond acceptors (Lipinski definition) is 4. The van der Waals surface area contributed by atoms with Crippen molar-refractivity contribution in [3.8, 4) is 0 Å². The number of rotatable bonds is 3. The molecule has 0 saturated carbocycles. The number of thiazole rings is 1. The van der Waals surface area contributed by atoms with Crippen LogP contribution >= 0.6 is 27.3 Å². The van der Waals surface area contributed by atoms with Crippen LogP contribution in [0, 0.1) is 0 Å². The molecule has 18 heavy (non-hydrogen) atoms. The van der Waals surface area contributed by atoms with E-state index in [4.69, 9.17) is 4.42 Å². The van der Waals surface area contributed by atoms with E-state index in [1.54, 1.807) is 23.5 Å². The molecule has 0 bridgehead atoms. The lowest BCUT2D eigenvalue weighted by molar-refractivity contribution is 0.0921. The fourth-order valence-electron chi connectivity index (χ4n) is 1.56. The summed E-state index contributed by atoms with van der Waals surface area (Å²) in [5, 5.41) is 4.72. The lowest BCUT2D eigenvalue weighted by Crippen LogP contribution is -2.22. The molecule has 0 radical (unpaired) electrons. The first-order chi connectivity index (χ1) is 8.72. The standard InChI is InChI=1S/C11H8BrN3O2S/c12-9-2-1-8(17-9)10(16)13-5-7-6-15-3-4-18-11(15)14-7/h1-4,6H,5H2,(H,13,16). The molecule has 0 aliphatic rings. The molecule has 0 aliphatic heterocycles. The van der Waals surface area contributed by atoms with Gasteiger partial charge in [0.2, 0.25) is 0 Å². The van der Waals surface area contributed by atoms with Crippen LogP contribution in [-0.2, 0) is 6.54 Å². The van der Waals surface area contributed by atoms with Gasteiger partial charge in [0, 0.05) is 17.8 Å². The summed E-state index contributed by atoms with van der Waals surface area (Å²) >= 11 is 4.71. The van der Waals surface area contributed by atoms with Gasteiger partial charge in [0.15, 0.2) is 15.4 Å². The highest BCUT2D eigenvalue weighted by Crippen LogP contribution is 2.14. The highest BCUT2D eigenvalue weighted by molar-refractivity contribution is 9.10. The topological polar surface area (TPSA) is 59.5 Å². The fraction of sp³-hybridized carbons (Fsp3) is 0.0909. The summed E-state index contributed by atoms with van der Waals surface area (Å²) in [6, 6.07) is 3.30.